The van der Waals surface area contributed by atoms with E-state index in [1.807, 2.05) is 0 Å². The first-order valence-corrected chi connectivity index (χ1v) is 12.8. The first-order chi connectivity index (χ1) is 17.0. The van der Waals surface area contributed by atoms with E-state index in [2.05, 4.69) is 4.18 Å². The van der Waals surface area contributed by atoms with Crippen LogP contribution in [0.15, 0.2) is 72.8 Å². The predicted octanol–water partition coefficient (Wildman–Crippen LogP) is 8.04. The van der Waals surface area contributed by atoms with Gasteiger partial charge in [0.25, 0.3) is 0 Å². The van der Waals surface area contributed by atoms with Crippen molar-refractivity contribution in [3.63, 3.8) is 0 Å². The number of benzene rings is 4. The smallest absolute Gasteiger partial charge is 0.375 e. The average Bonchev–Trinajstić information content (AvgIpc) is 2.76. The van der Waals surface area contributed by atoms with Gasteiger partial charge in [0.1, 0.15) is 7.92 Å². The van der Waals surface area contributed by atoms with E-state index in [-0.39, 0.29) is 21.5 Å². The van der Waals surface area contributed by atoms with Gasteiger partial charge >= 0.3 is 27.5 Å². The van der Waals surface area contributed by atoms with Crippen molar-refractivity contribution >= 4 is 44.9 Å². The lowest BCUT2D eigenvalue weighted by molar-refractivity contribution is -0.0811. The van der Waals surface area contributed by atoms with Crippen LogP contribution in [0.1, 0.15) is 0 Å². The van der Waals surface area contributed by atoms with Crippen LogP contribution in [0.2, 0.25) is 0 Å². The molecule has 0 unspecified atom stereocenters. The summed E-state index contributed by atoms with van der Waals surface area (Å²) in [4.78, 5) is 0. The van der Waals surface area contributed by atoms with Crippen LogP contribution in [0.3, 0.4) is 0 Å². The van der Waals surface area contributed by atoms with Gasteiger partial charge in [0, 0.05) is 16.4 Å². The van der Waals surface area contributed by atoms with E-state index < -0.39 is 57.6 Å². The molecule has 3 nitrogen and oxygen atoms in total. The summed E-state index contributed by atoms with van der Waals surface area (Å²) in [6.45, 7) is 0. The van der Waals surface area contributed by atoms with Crippen LogP contribution < -0.4 is 9.49 Å². The molecule has 0 fully saturated rings. The molecule has 0 bridgehead atoms. The molecule has 37 heavy (non-hydrogen) atoms. The van der Waals surface area contributed by atoms with Crippen molar-refractivity contribution in [1.82, 2.24) is 0 Å². The van der Waals surface area contributed by atoms with E-state index in [1.165, 1.54) is 48.5 Å². The molecule has 0 aliphatic carbocycles. The molecule has 0 aliphatic rings. The molecule has 0 heterocycles. The number of fused-ring (bicyclic) bond motifs is 2. The maximum Gasteiger partial charge on any atom is 0.534 e. The van der Waals surface area contributed by atoms with Crippen LogP contribution >= 0.6 is 7.92 Å². The minimum atomic E-state index is -6.33. The molecule has 4 aromatic carbocycles. The van der Waals surface area contributed by atoms with Gasteiger partial charge in [-0.05, 0) is 27.6 Å². The van der Waals surface area contributed by atoms with Crippen LogP contribution in [0.4, 0.5) is 39.5 Å². The highest BCUT2D eigenvalue weighted by molar-refractivity contribution is 7.88. The largest absolute Gasteiger partial charge is 0.534 e. The summed E-state index contributed by atoms with van der Waals surface area (Å²) in [6, 6.07) is 14.3. The fourth-order valence-electron chi connectivity index (χ4n) is 3.87. The van der Waals surface area contributed by atoms with Crippen molar-refractivity contribution in [2.24, 2.45) is 0 Å². The maximum absolute atomic E-state index is 13.9. The number of halogens is 9. The zero-order valence-electron chi connectivity index (χ0n) is 17.9. The summed E-state index contributed by atoms with van der Waals surface area (Å²) >= 11 is 0. The standard InChI is InChI=1S/C23H12F9O3PS/c24-21(25,26)36(22(27,28)29)18-12-10-14-6-2-4-8-16(14)20(18)19-15-7-3-1-5-13(15)9-11-17(19)35-37(33,34)23(30,31)32/h1-12H. The molecule has 0 saturated carbocycles. The van der Waals surface area contributed by atoms with E-state index in [4.69, 9.17) is 0 Å². The SMILES string of the molecule is O=S(=O)(Oc1ccc2ccccc2c1-c1c(P(C(F)(F)F)C(F)(F)F)ccc2ccccc12)C(F)(F)F. The third-order valence-corrected chi connectivity index (χ3v) is 8.11. The molecular weight excluding hydrogens is 558 g/mol. The number of hydrogen-bond acceptors (Lipinski definition) is 3. The molecule has 0 spiro atoms. The van der Waals surface area contributed by atoms with E-state index in [9.17, 15) is 47.9 Å². The van der Waals surface area contributed by atoms with Crippen molar-refractivity contribution < 1.29 is 52.1 Å². The second-order valence-corrected chi connectivity index (χ2v) is 11.3. The van der Waals surface area contributed by atoms with Crippen molar-refractivity contribution in [3.8, 4) is 16.9 Å². The lowest BCUT2D eigenvalue weighted by Crippen LogP contribution is -2.29. The summed E-state index contributed by atoms with van der Waals surface area (Å²) in [5.74, 6) is -12.6. The molecule has 0 amide bonds. The van der Waals surface area contributed by atoms with Crippen LogP contribution in [0.25, 0.3) is 32.7 Å². The van der Waals surface area contributed by atoms with Crippen LogP contribution in [-0.2, 0) is 10.1 Å². The molecular formula is C23H12F9O3PS. The second-order valence-electron chi connectivity index (χ2n) is 7.59. The summed E-state index contributed by atoms with van der Waals surface area (Å²) in [7, 11) is -11.2. The van der Waals surface area contributed by atoms with Gasteiger partial charge < -0.3 is 4.18 Å². The predicted molar refractivity (Wildman–Crippen MR) is 121 cm³/mol. The fraction of sp³-hybridized carbons (Fsp3) is 0.130. The maximum atomic E-state index is 13.9. The highest BCUT2D eigenvalue weighted by atomic mass is 32.2. The summed E-state index contributed by atoms with van der Waals surface area (Å²) in [5.41, 5.74) is -7.30. The minimum Gasteiger partial charge on any atom is -0.375 e. The normalized spacial score (nSPS) is 13.5. The highest BCUT2D eigenvalue weighted by Crippen LogP contribution is 2.65. The quantitative estimate of drug-likeness (QED) is 0.108. The Morgan fingerprint density at radius 3 is 1.54 bits per heavy atom. The summed E-state index contributed by atoms with van der Waals surface area (Å²) in [5, 5.41) is -1.19. The average molecular weight is 570 g/mol. The number of alkyl halides is 9. The van der Waals surface area contributed by atoms with E-state index in [0.717, 1.165) is 18.2 Å². The minimum absolute atomic E-state index is 0.116. The van der Waals surface area contributed by atoms with Gasteiger partial charge in [-0.2, -0.15) is 47.9 Å². The Balaban J connectivity index is 2.21. The van der Waals surface area contributed by atoms with Gasteiger partial charge in [-0.1, -0.05) is 66.7 Å². The molecule has 4 rings (SSSR count). The molecule has 0 saturated heterocycles. The third-order valence-electron chi connectivity index (χ3n) is 5.28. The van der Waals surface area contributed by atoms with Gasteiger partial charge in [0.2, 0.25) is 0 Å². The van der Waals surface area contributed by atoms with E-state index >= 15 is 0 Å². The van der Waals surface area contributed by atoms with E-state index in [1.54, 1.807) is 0 Å². The van der Waals surface area contributed by atoms with Crippen LogP contribution in [0.5, 0.6) is 5.75 Å². The first-order valence-electron chi connectivity index (χ1n) is 10.0. The van der Waals surface area contributed by atoms with Gasteiger partial charge in [0.05, 0.1) is 0 Å². The molecule has 0 aliphatic heterocycles. The topological polar surface area (TPSA) is 43.4 Å². The second kappa shape index (κ2) is 9.05. The van der Waals surface area contributed by atoms with Gasteiger partial charge in [-0.3, -0.25) is 0 Å². The van der Waals surface area contributed by atoms with Crippen molar-refractivity contribution in [2.75, 3.05) is 0 Å². The van der Waals surface area contributed by atoms with Crippen LogP contribution in [0, 0.1) is 0 Å². The number of rotatable bonds is 4. The Bertz CT molecular complexity index is 1580. The Hall–Kier alpha value is -3.05. The molecule has 0 aromatic heterocycles. The van der Waals surface area contributed by atoms with Gasteiger partial charge in [-0.25, -0.2) is 0 Å². The monoisotopic (exact) mass is 570 g/mol. The number of hydrogen-bond donors (Lipinski definition) is 0. The Kier molecular flexibility index (Phi) is 6.61. The lowest BCUT2D eigenvalue weighted by atomic mass is 9.93. The Morgan fingerprint density at radius 1 is 0.595 bits per heavy atom. The lowest BCUT2D eigenvalue weighted by Gasteiger charge is -2.27. The van der Waals surface area contributed by atoms with Crippen molar-refractivity contribution in [1.29, 1.82) is 0 Å². The Morgan fingerprint density at radius 2 is 1.05 bits per heavy atom. The third kappa shape index (κ3) is 5.06. The molecule has 0 atom stereocenters. The zero-order chi connectivity index (χ0) is 27.4. The molecule has 4 aromatic rings. The first kappa shape index (κ1) is 27.0. The highest BCUT2D eigenvalue weighted by Gasteiger charge is 2.58. The molecule has 0 radical (unpaired) electrons. The summed E-state index contributed by atoms with van der Waals surface area (Å²) in [6.07, 6.45) is 0. The van der Waals surface area contributed by atoms with E-state index in [0.29, 0.717) is 6.07 Å². The Labute approximate surface area is 204 Å². The zero-order valence-corrected chi connectivity index (χ0v) is 19.6. The summed E-state index contributed by atoms with van der Waals surface area (Å²) < 4.78 is 151. The molecule has 196 valence electrons. The van der Waals surface area contributed by atoms with Gasteiger partial charge in [-0.15, -0.1) is 0 Å². The van der Waals surface area contributed by atoms with Crippen molar-refractivity contribution in [2.45, 2.75) is 17.3 Å². The van der Waals surface area contributed by atoms with Crippen LogP contribution in [-0.4, -0.2) is 25.8 Å². The van der Waals surface area contributed by atoms with Gasteiger partial charge in [0.15, 0.2) is 5.75 Å². The fourth-order valence-corrected chi connectivity index (χ4v) is 5.85. The molecule has 14 heteroatoms. The molecule has 0 N–H and O–H groups in total. The van der Waals surface area contributed by atoms with Crippen molar-refractivity contribution in [3.05, 3.63) is 72.8 Å².